The highest BCUT2D eigenvalue weighted by Crippen LogP contribution is 2.23. The van der Waals surface area contributed by atoms with E-state index in [1.807, 2.05) is 0 Å². The Kier molecular flexibility index (Phi) is 4.95. The van der Waals surface area contributed by atoms with Crippen LogP contribution in [0.2, 0.25) is 0 Å². The molecule has 0 radical (unpaired) electrons. The van der Waals surface area contributed by atoms with Gasteiger partial charge < -0.3 is 14.8 Å². The monoisotopic (exact) mass is 269 g/mol. The van der Waals surface area contributed by atoms with Crippen molar-refractivity contribution in [2.24, 2.45) is 0 Å². The zero-order valence-corrected chi connectivity index (χ0v) is 12.4. The van der Waals surface area contributed by atoms with E-state index in [-0.39, 0.29) is 5.54 Å². The van der Waals surface area contributed by atoms with Crippen molar-refractivity contribution in [3.8, 4) is 0 Å². The molecule has 3 atom stereocenters. The average molecular weight is 269 g/mol. The number of aldehydes is 1. The van der Waals surface area contributed by atoms with Gasteiger partial charge in [0.25, 0.3) is 0 Å². The molecule has 2 aliphatic heterocycles. The molecule has 19 heavy (non-hydrogen) atoms. The molecule has 2 heterocycles. The van der Waals surface area contributed by atoms with Crippen LogP contribution in [0.5, 0.6) is 0 Å². The highest BCUT2D eigenvalue weighted by Gasteiger charge is 2.38. The molecule has 2 fully saturated rings. The zero-order chi connectivity index (χ0) is 13.9. The maximum absolute atomic E-state index is 10.9. The Morgan fingerprint density at radius 1 is 1.37 bits per heavy atom. The molecule has 0 unspecified atom stereocenters. The topological polar surface area (TPSA) is 44.8 Å². The van der Waals surface area contributed by atoms with Crippen molar-refractivity contribution in [3.05, 3.63) is 0 Å². The van der Waals surface area contributed by atoms with Crippen molar-refractivity contribution in [2.75, 3.05) is 45.9 Å². The highest BCUT2D eigenvalue weighted by atomic mass is 16.5. The van der Waals surface area contributed by atoms with Crippen LogP contribution in [0.4, 0.5) is 0 Å². The molecular formula is C14H27N3O2. The van der Waals surface area contributed by atoms with Gasteiger partial charge in [-0.3, -0.25) is 9.80 Å². The van der Waals surface area contributed by atoms with Crippen LogP contribution in [-0.4, -0.2) is 79.6 Å². The van der Waals surface area contributed by atoms with Crippen molar-refractivity contribution in [1.29, 1.82) is 0 Å². The first-order valence-corrected chi connectivity index (χ1v) is 7.30. The van der Waals surface area contributed by atoms with E-state index in [0.717, 1.165) is 45.7 Å². The Morgan fingerprint density at radius 2 is 2.05 bits per heavy atom. The van der Waals surface area contributed by atoms with E-state index in [0.29, 0.717) is 18.6 Å². The first kappa shape index (κ1) is 14.9. The van der Waals surface area contributed by atoms with Crippen molar-refractivity contribution in [2.45, 2.75) is 38.4 Å². The molecule has 1 N–H and O–H groups in total. The fourth-order valence-corrected chi connectivity index (χ4v) is 3.25. The molecule has 0 spiro atoms. The second-order valence-corrected chi connectivity index (χ2v) is 6.19. The number of nitrogens with zero attached hydrogens (tertiary/aromatic N) is 2. The third-order valence-electron chi connectivity index (χ3n) is 4.50. The molecule has 0 aromatic carbocycles. The summed E-state index contributed by atoms with van der Waals surface area (Å²) in [4.78, 5) is 15.7. The SMILES string of the molecule is C[C@@H]1COC[C@@H](C)N1C[C@@]1(C)CNCCN1CC=O. The lowest BCUT2D eigenvalue weighted by atomic mass is 9.94. The number of nitrogens with one attached hydrogen (secondary N) is 1. The van der Waals surface area contributed by atoms with E-state index in [1.165, 1.54) is 0 Å². The van der Waals surface area contributed by atoms with Gasteiger partial charge in [0, 0.05) is 43.8 Å². The molecule has 0 aromatic rings. The second kappa shape index (κ2) is 6.31. The van der Waals surface area contributed by atoms with Gasteiger partial charge in [-0.25, -0.2) is 0 Å². The molecule has 2 rings (SSSR count). The number of hydrogen-bond donors (Lipinski definition) is 1. The number of morpholine rings is 1. The molecule has 2 aliphatic rings. The molecule has 110 valence electrons. The van der Waals surface area contributed by atoms with E-state index in [9.17, 15) is 4.79 Å². The third-order valence-corrected chi connectivity index (χ3v) is 4.50. The summed E-state index contributed by atoms with van der Waals surface area (Å²) in [5.41, 5.74) is 0.0268. The van der Waals surface area contributed by atoms with E-state index < -0.39 is 0 Å². The molecular weight excluding hydrogens is 242 g/mol. The van der Waals surface area contributed by atoms with Crippen molar-refractivity contribution < 1.29 is 9.53 Å². The predicted octanol–water partition coefficient (Wildman–Crippen LogP) is -0.0416. The maximum atomic E-state index is 10.9. The minimum absolute atomic E-state index is 0.0268. The largest absolute Gasteiger partial charge is 0.378 e. The lowest BCUT2D eigenvalue weighted by molar-refractivity contribution is -0.112. The number of piperazine rings is 1. The average Bonchev–Trinajstić information content (AvgIpc) is 2.38. The van der Waals surface area contributed by atoms with Crippen LogP contribution in [0.25, 0.3) is 0 Å². The summed E-state index contributed by atoms with van der Waals surface area (Å²) in [6.07, 6.45) is 1.02. The first-order valence-electron chi connectivity index (χ1n) is 7.30. The van der Waals surface area contributed by atoms with Crippen LogP contribution in [0.15, 0.2) is 0 Å². The van der Waals surface area contributed by atoms with E-state index in [4.69, 9.17) is 4.74 Å². The number of ether oxygens (including phenoxy) is 1. The normalized spacial score (nSPS) is 38.3. The highest BCUT2D eigenvalue weighted by molar-refractivity contribution is 5.52. The van der Waals surface area contributed by atoms with E-state index in [1.54, 1.807) is 0 Å². The van der Waals surface area contributed by atoms with E-state index >= 15 is 0 Å². The van der Waals surface area contributed by atoms with Gasteiger partial charge in [0.15, 0.2) is 0 Å². The summed E-state index contributed by atoms with van der Waals surface area (Å²) in [5, 5.41) is 3.47. The Balaban J connectivity index is 2.06. The minimum atomic E-state index is 0.0268. The molecule has 0 saturated carbocycles. The smallest absolute Gasteiger partial charge is 0.134 e. The zero-order valence-electron chi connectivity index (χ0n) is 12.4. The lowest BCUT2D eigenvalue weighted by Crippen LogP contribution is -2.66. The summed E-state index contributed by atoms with van der Waals surface area (Å²) < 4.78 is 5.59. The van der Waals surface area contributed by atoms with Gasteiger partial charge in [0.05, 0.1) is 19.8 Å². The lowest BCUT2D eigenvalue weighted by Gasteiger charge is -2.50. The third kappa shape index (κ3) is 3.34. The van der Waals surface area contributed by atoms with Gasteiger partial charge in [0.2, 0.25) is 0 Å². The van der Waals surface area contributed by atoms with E-state index in [2.05, 4.69) is 35.9 Å². The van der Waals surface area contributed by atoms with Crippen molar-refractivity contribution >= 4 is 6.29 Å². The summed E-state index contributed by atoms with van der Waals surface area (Å²) in [7, 11) is 0. The quantitative estimate of drug-likeness (QED) is 0.726. The Morgan fingerprint density at radius 3 is 2.68 bits per heavy atom. The number of hydrogen-bond acceptors (Lipinski definition) is 5. The number of rotatable bonds is 4. The van der Waals surface area contributed by atoms with Crippen LogP contribution in [0.1, 0.15) is 20.8 Å². The summed E-state index contributed by atoms with van der Waals surface area (Å²) in [6.45, 7) is 12.7. The van der Waals surface area contributed by atoms with Crippen LogP contribution < -0.4 is 5.32 Å². The summed E-state index contributed by atoms with van der Waals surface area (Å²) >= 11 is 0. The van der Waals surface area contributed by atoms with Gasteiger partial charge in [0.1, 0.15) is 6.29 Å². The molecule has 0 amide bonds. The molecule has 5 nitrogen and oxygen atoms in total. The molecule has 2 saturated heterocycles. The second-order valence-electron chi connectivity index (χ2n) is 6.19. The maximum Gasteiger partial charge on any atom is 0.134 e. The van der Waals surface area contributed by atoms with Crippen LogP contribution >= 0.6 is 0 Å². The van der Waals surface area contributed by atoms with Gasteiger partial charge >= 0.3 is 0 Å². The van der Waals surface area contributed by atoms with Crippen LogP contribution in [-0.2, 0) is 9.53 Å². The van der Waals surface area contributed by atoms with Gasteiger partial charge in [-0.15, -0.1) is 0 Å². The Labute approximate surface area is 116 Å². The number of carbonyl (C=O) groups excluding carboxylic acids is 1. The predicted molar refractivity (Wildman–Crippen MR) is 75.4 cm³/mol. The van der Waals surface area contributed by atoms with Gasteiger partial charge in [-0.2, -0.15) is 0 Å². The van der Waals surface area contributed by atoms with Crippen LogP contribution in [0.3, 0.4) is 0 Å². The van der Waals surface area contributed by atoms with Crippen molar-refractivity contribution in [3.63, 3.8) is 0 Å². The van der Waals surface area contributed by atoms with Crippen LogP contribution in [0, 0.1) is 0 Å². The molecule has 0 aromatic heterocycles. The minimum Gasteiger partial charge on any atom is -0.378 e. The molecule has 0 bridgehead atoms. The summed E-state index contributed by atoms with van der Waals surface area (Å²) in [5.74, 6) is 0. The van der Waals surface area contributed by atoms with Crippen molar-refractivity contribution in [1.82, 2.24) is 15.1 Å². The standard InChI is InChI=1S/C14H27N3O2/c1-12-8-19-9-13(2)17(12)11-14(3)10-15-4-5-16(14)6-7-18/h7,12-13,15H,4-6,8-11H2,1-3H3/t12-,13-,14-/m1/s1. The Bertz CT molecular complexity index is 303. The first-order chi connectivity index (χ1) is 9.07. The fourth-order valence-electron chi connectivity index (χ4n) is 3.25. The fraction of sp³-hybridized carbons (Fsp3) is 0.929. The summed E-state index contributed by atoms with van der Waals surface area (Å²) in [6, 6.07) is 0.890. The Hall–Kier alpha value is -0.490. The van der Waals surface area contributed by atoms with Gasteiger partial charge in [-0.05, 0) is 20.8 Å². The number of carbonyl (C=O) groups is 1. The van der Waals surface area contributed by atoms with Gasteiger partial charge in [-0.1, -0.05) is 0 Å². The molecule has 0 aliphatic carbocycles. The molecule has 5 heteroatoms.